The van der Waals surface area contributed by atoms with Crippen molar-refractivity contribution < 1.29 is 18.6 Å². The Labute approximate surface area is 104 Å². The van der Waals surface area contributed by atoms with Crippen molar-refractivity contribution in [2.24, 2.45) is 5.73 Å². The highest BCUT2D eigenvalue weighted by Gasteiger charge is 2.30. The average Bonchev–Trinajstić information content (AvgIpc) is 2.04. The van der Waals surface area contributed by atoms with E-state index in [1.54, 1.807) is 6.07 Å². The molecule has 1 rings (SSSR count). The van der Waals surface area contributed by atoms with E-state index >= 15 is 0 Å². The Bertz CT molecular complexity index is 294. The molecule has 1 aromatic carbocycles. The topological polar surface area (TPSA) is 57.5 Å². The molecule has 0 aliphatic carbocycles. The van der Waals surface area contributed by atoms with Gasteiger partial charge in [-0.25, -0.2) is 0 Å². The van der Waals surface area contributed by atoms with E-state index in [1.807, 2.05) is 0 Å². The van der Waals surface area contributed by atoms with Crippen LogP contribution < -0.4 is 5.73 Å². The van der Waals surface area contributed by atoms with E-state index in [2.05, 4.69) is 0 Å². The minimum absolute atomic E-state index is 0. The predicted molar refractivity (Wildman–Crippen MR) is 62.3 cm³/mol. The summed E-state index contributed by atoms with van der Waals surface area (Å²) in [7, 11) is 0. The second kappa shape index (κ2) is 8.64. The van der Waals surface area contributed by atoms with Gasteiger partial charge in [-0.2, -0.15) is 13.2 Å². The van der Waals surface area contributed by atoms with Gasteiger partial charge < -0.3 is 11.2 Å². The minimum atomic E-state index is -4.26. The summed E-state index contributed by atoms with van der Waals surface area (Å²) in [4.78, 5) is 0. The zero-order valence-corrected chi connectivity index (χ0v) is 9.88. The van der Waals surface area contributed by atoms with Gasteiger partial charge in [0.15, 0.2) is 0 Å². The van der Waals surface area contributed by atoms with Gasteiger partial charge in [0, 0.05) is 0 Å². The van der Waals surface area contributed by atoms with E-state index in [0.717, 1.165) is 12.1 Å². The molecule has 7 heteroatoms. The number of nitrogens with two attached hydrogens (primary N) is 1. The van der Waals surface area contributed by atoms with E-state index in [1.165, 1.54) is 6.07 Å². The van der Waals surface area contributed by atoms with Crippen LogP contribution in [0.2, 0.25) is 0 Å². The van der Waals surface area contributed by atoms with Crippen molar-refractivity contribution in [3.05, 3.63) is 35.4 Å². The summed E-state index contributed by atoms with van der Waals surface area (Å²) >= 11 is 0. The number of rotatable bonds is 2. The molecule has 0 atom stereocenters. The van der Waals surface area contributed by atoms with Gasteiger partial charge in [0.25, 0.3) is 0 Å². The lowest BCUT2D eigenvalue weighted by atomic mass is 10.1. The average molecular weight is 280 g/mol. The number of alkyl halides is 3. The first-order valence-electron chi connectivity index (χ1n) is 3.90. The molecule has 0 fully saturated rings. The molecule has 4 N–H and O–H groups in total. The molecule has 96 valence electrons. The molecule has 0 aromatic heterocycles. The van der Waals surface area contributed by atoms with Crippen molar-refractivity contribution in [2.75, 3.05) is 6.54 Å². The fourth-order valence-electron chi connectivity index (χ4n) is 1.07. The van der Waals surface area contributed by atoms with Crippen LogP contribution in [-0.2, 0) is 12.6 Å². The van der Waals surface area contributed by atoms with Gasteiger partial charge in [-0.15, -0.1) is 24.8 Å². The molecule has 0 aliphatic heterocycles. The molecule has 0 spiro atoms. The second-order valence-electron chi connectivity index (χ2n) is 2.74. The first kappa shape index (κ1) is 20.9. The summed E-state index contributed by atoms with van der Waals surface area (Å²) in [6.45, 7) is 0.362. The van der Waals surface area contributed by atoms with Gasteiger partial charge in [-0.3, -0.25) is 0 Å². The van der Waals surface area contributed by atoms with Gasteiger partial charge in [0.1, 0.15) is 0 Å². The van der Waals surface area contributed by atoms with Gasteiger partial charge in [-0.05, 0) is 24.6 Å². The SMILES string of the molecule is Cl.Cl.NCCc1cccc(C(F)(F)F)c1.O. The van der Waals surface area contributed by atoms with Gasteiger partial charge >= 0.3 is 6.18 Å². The van der Waals surface area contributed by atoms with Gasteiger partial charge in [0.2, 0.25) is 0 Å². The molecule has 0 radical (unpaired) electrons. The van der Waals surface area contributed by atoms with E-state index in [4.69, 9.17) is 5.73 Å². The van der Waals surface area contributed by atoms with Crippen LogP contribution in [0.4, 0.5) is 13.2 Å². The highest BCUT2D eigenvalue weighted by Crippen LogP contribution is 2.29. The molecule has 0 saturated heterocycles. The lowest BCUT2D eigenvalue weighted by molar-refractivity contribution is -0.137. The van der Waals surface area contributed by atoms with Crippen molar-refractivity contribution in [3.63, 3.8) is 0 Å². The molecule has 0 amide bonds. The lowest BCUT2D eigenvalue weighted by Gasteiger charge is -2.07. The fourth-order valence-corrected chi connectivity index (χ4v) is 1.07. The smallest absolute Gasteiger partial charge is 0.412 e. The summed E-state index contributed by atoms with van der Waals surface area (Å²) in [5.74, 6) is 0. The van der Waals surface area contributed by atoms with E-state index < -0.39 is 11.7 Å². The molecule has 0 heterocycles. The first-order chi connectivity index (χ1) is 6.04. The number of halogens is 5. The molecule has 0 unspecified atom stereocenters. The Hall–Kier alpha value is -0.490. The van der Waals surface area contributed by atoms with Crippen LogP contribution in [0.15, 0.2) is 24.3 Å². The maximum atomic E-state index is 12.2. The number of benzene rings is 1. The summed E-state index contributed by atoms with van der Waals surface area (Å²) in [5.41, 5.74) is 5.25. The standard InChI is InChI=1S/C9H10F3N.2ClH.H2O/c10-9(11,12)8-3-1-2-7(6-8)4-5-13;;;/h1-3,6H,4-5,13H2;2*1H;1H2. The highest BCUT2D eigenvalue weighted by molar-refractivity contribution is 5.85. The Morgan fingerprint density at radius 2 is 1.69 bits per heavy atom. The van der Waals surface area contributed by atoms with Crippen molar-refractivity contribution in [2.45, 2.75) is 12.6 Å². The van der Waals surface area contributed by atoms with Crippen LogP contribution in [0, 0.1) is 0 Å². The minimum Gasteiger partial charge on any atom is -0.412 e. The summed E-state index contributed by atoms with van der Waals surface area (Å²) < 4.78 is 36.5. The van der Waals surface area contributed by atoms with Crippen LogP contribution in [0.3, 0.4) is 0 Å². The highest BCUT2D eigenvalue weighted by atomic mass is 35.5. The van der Waals surface area contributed by atoms with Gasteiger partial charge in [-0.1, -0.05) is 18.2 Å². The van der Waals surface area contributed by atoms with Crippen molar-refractivity contribution in [3.8, 4) is 0 Å². The Kier molecular flexibility index (Phi) is 11.3. The fraction of sp³-hybridized carbons (Fsp3) is 0.333. The number of hydrogen-bond acceptors (Lipinski definition) is 1. The Morgan fingerprint density at radius 3 is 2.12 bits per heavy atom. The Balaban J connectivity index is -0.000000563. The third kappa shape index (κ3) is 6.17. The molecule has 2 nitrogen and oxygen atoms in total. The normalized spacial score (nSPS) is 9.50. The largest absolute Gasteiger partial charge is 0.416 e. The number of hydrogen-bond donors (Lipinski definition) is 1. The predicted octanol–water partition coefficient (Wildman–Crippen LogP) is 2.23. The maximum absolute atomic E-state index is 12.2. The quantitative estimate of drug-likeness (QED) is 0.887. The molecular weight excluding hydrogens is 266 g/mol. The van der Waals surface area contributed by atoms with E-state index in [9.17, 15) is 13.2 Å². The van der Waals surface area contributed by atoms with Crippen molar-refractivity contribution >= 4 is 24.8 Å². The summed E-state index contributed by atoms with van der Waals surface area (Å²) in [6.07, 6.45) is -3.78. The molecule has 0 aliphatic rings. The van der Waals surface area contributed by atoms with E-state index in [0.29, 0.717) is 18.5 Å². The third-order valence-corrected chi connectivity index (χ3v) is 1.69. The lowest BCUT2D eigenvalue weighted by Crippen LogP contribution is -2.07. The molecule has 0 saturated carbocycles. The van der Waals surface area contributed by atoms with Crippen LogP contribution in [0.5, 0.6) is 0 Å². The van der Waals surface area contributed by atoms with Crippen LogP contribution in [0.1, 0.15) is 11.1 Å². The van der Waals surface area contributed by atoms with Crippen LogP contribution >= 0.6 is 24.8 Å². The zero-order valence-electron chi connectivity index (χ0n) is 8.25. The van der Waals surface area contributed by atoms with Crippen molar-refractivity contribution in [1.29, 1.82) is 0 Å². The second-order valence-corrected chi connectivity index (χ2v) is 2.74. The van der Waals surface area contributed by atoms with Crippen molar-refractivity contribution in [1.82, 2.24) is 0 Å². The molecule has 0 bridgehead atoms. The molecule has 1 aromatic rings. The van der Waals surface area contributed by atoms with Gasteiger partial charge in [0.05, 0.1) is 5.56 Å². The monoisotopic (exact) mass is 279 g/mol. The first-order valence-corrected chi connectivity index (χ1v) is 3.90. The molecule has 16 heavy (non-hydrogen) atoms. The Morgan fingerprint density at radius 1 is 1.12 bits per heavy atom. The summed E-state index contributed by atoms with van der Waals surface area (Å²) in [6, 6.07) is 5.22. The maximum Gasteiger partial charge on any atom is 0.416 e. The molecular formula is C9H14Cl2F3NO. The van der Waals surface area contributed by atoms with Crippen LogP contribution in [-0.4, -0.2) is 12.0 Å². The third-order valence-electron chi connectivity index (χ3n) is 1.69. The summed E-state index contributed by atoms with van der Waals surface area (Å²) in [5, 5.41) is 0. The zero-order chi connectivity index (χ0) is 9.90. The van der Waals surface area contributed by atoms with Crippen LogP contribution in [0.25, 0.3) is 0 Å². The van der Waals surface area contributed by atoms with E-state index in [-0.39, 0.29) is 30.3 Å².